The van der Waals surface area contributed by atoms with Crippen LogP contribution in [0.1, 0.15) is 30.0 Å². The van der Waals surface area contributed by atoms with Crippen molar-refractivity contribution in [3.63, 3.8) is 0 Å². The van der Waals surface area contributed by atoms with E-state index in [4.69, 9.17) is 23.2 Å². The van der Waals surface area contributed by atoms with Gasteiger partial charge in [-0.1, -0.05) is 36.2 Å². The fourth-order valence-electron chi connectivity index (χ4n) is 2.02. The van der Waals surface area contributed by atoms with Crippen molar-refractivity contribution >= 4 is 23.2 Å². The smallest absolute Gasteiger partial charge is 0.0859 e. The average molecular weight is 299 g/mol. The molecule has 1 heterocycles. The van der Waals surface area contributed by atoms with E-state index in [0.29, 0.717) is 22.0 Å². The Labute approximate surface area is 122 Å². The number of hydrogen-bond donors (Lipinski definition) is 1. The molecule has 3 nitrogen and oxygen atoms in total. The van der Waals surface area contributed by atoms with Gasteiger partial charge in [-0.05, 0) is 30.2 Å². The van der Waals surface area contributed by atoms with Gasteiger partial charge in [-0.3, -0.25) is 4.68 Å². The van der Waals surface area contributed by atoms with Gasteiger partial charge in [0.2, 0.25) is 0 Å². The van der Waals surface area contributed by atoms with Gasteiger partial charge in [-0.2, -0.15) is 5.10 Å². The molecule has 0 saturated carbocycles. The Morgan fingerprint density at radius 3 is 2.63 bits per heavy atom. The first-order valence-corrected chi connectivity index (χ1v) is 6.91. The van der Waals surface area contributed by atoms with E-state index in [1.807, 2.05) is 13.1 Å². The van der Waals surface area contributed by atoms with Gasteiger partial charge in [0.05, 0.1) is 11.8 Å². The molecule has 2 rings (SSSR count). The van der Waals surface area contributed by atoms with Crippen molar-refractivity contribution in [2.45, 2.75) is 25.9 Å². The van der Waals surface area contributed by atoms with E-state index in [1.54, 1.807) is 22.9 Å². The van der Waals surface area contributed by atoms with Crippen LogP contribution >= 0.6 is 23.2 Å². The second-order valence-electron chi connectivity index (χ2n) is 4.49. The maximum absolute atomic E-state index is 10.3. The van der Waals surface area contributed by atoms with Gasteiger partial charge in [0.25, 0.3) is 0 Å². The third-order valence-corrected chi connectivity index (χ3v) is 3.68. The SMILES string of the molecule is CCc1cc(CC(O)c2ccc(Cl)cc2Cl)n(C)n1. The molecule has 5 heteroatoms. The Bertz CT molecular complexity index is 581. The number of aryl methyl sites for hydroxylation is 2. The summed E-state index contributed by atoms with van der Waals surface area (Å²) >= 11 is 11.9. The normalized spacial score (nSPS) is 12.7. The number of hydrogen-bond acceptors (Lipinski definition) is 2. The van der Waals surface area contributed by atoms with E-state index >= 15 is 0 Å². The fourth-order valence-corrected chi connectivity index (χ4v) is 2.55. The lowest BCUT2D eigenvalue weighted by Gasteiger charge is -2.13. The van der Waals surface area contributed by atoms with E-state index in [1.165, 1.54) is 0 Å². The first kappa shape index (κ1) is 14.4. The van der Waals surface area contributed by atoms with Crippen molar-refractivity contribution in [3.8, 4) is 0 Å². The second kappa shape index (κ2) is 5.95. The quantitative estimate of drug-likeness (QED) is 0.937. The summed E-state index contributed by atoms with van der Waals surface area (Å²) in [6.45, 7) is 2.05. The monoisotopic (exact) mass is 298 g/mol. The number of aromatic nitrogens is 2. The fraction of sp³-hybridized carbons (Fsp3) is 0.357. The Balaban J connectivity index is 2.20. The highest BCUT2D eigenvalue weighted by atomic mass is 35.5. The van der Waals surface area contributed by atoms with Crippen molar-refractivity contribution in [2.24, 2.45) is 7.05 Å². The molecular weight excluding hydrogens is 283 g/mol. The molecule has 0 amide bonds. The highest BCUT2D eigenvalue weighted by molar-refractivity contribution is 6.35. The Morgan fingerprint density at radius 1 is 1.32 bits per heavy atom. The Hall–Kier alpha value is -1.03. The van der Waals surface area contributed by atoms with Gasteiger partial charge < -0.3 is 5.11 Å². The number of nitrogens with zero attached hydrogens (tertiary/aromatic N) is 2. The number of aliphatic hydroxyl groups is 1. The molecule has 1 N–H and O–H groups in total. The van der Waals surface area contributed by atoms with Crippen molar-refractivity contribution in [1.82, 2.24) is 9.78 Å². The average Bonchev–Trinajstić information content (AvgIpc) is 2.70. The summed E-state index contributed by atoms with van der Waals surface area (Å²) < 4.78 is 1.80. The topological polar surface area (TPSA) is 38.0 Å². The van der Waals surface area contributed by atoms with E-state index in [0.717, 1.165) is 17.8 Å². The predicted molar refractivity (Wildman–Crippen MR) is 77.7 cm³/mol. The van der Waals surface area contributed by atoms with Crippen molar-refractivity contribution < 1.29 is 5.11 Å². The van der Waals surface area contributed by atoms with E-state index in [2.05, 4.69) is 12.0 Å². The summed E-state index contributed by atoms with van der Waals surface area (Å²) in [5.74, 6) is 0. The zero-order valence-corrected chi connectivity index (χ0v) is 12.4. The zero-order chi connectivity index (χ0) is 14.0. The summed E-state index contributed by atoms with van der Waals surface area (Å²) in [7, 11) is 1.88. The molecule has 1 atom stereocenters. The number of halogens is 2. The molecule has 0 aliphatic rings. The molecule has 0 spiro atoms. The summed E-state index contributed by atoms with van der Waals surface area (Å²) in [5.41, 5.74) is 2.69. The van der Waals surface area contributed by atoms with Crippen molar-refractivity contribution in [3.05, 3.63) is 51.3 Å². The molecule has 1 aromatic heterocycles. The standard InChI is InChI=1S/C14H16Cl2N2O/c1-3-10-7-11(18(2)17-10)8-14(19)12-5-4-9(15)6-13(12)16/h4-7,14,19H,3,8H2,1-2H3. The van der Waals surface area contributed by atoms with Crippen LogP contribution in [-0.2, 0) is 19.9 Å². The summed E-state index contributed by atoms with van der Waals surface area (Å²) in [4.78, 5) is 0. The maximum atomic E-state index is 10.3. The van der Waals surface area contributed by atoms with E-state index < -0.39 is 6.10 Å². The van der Waals surface area contributed by atoms with Crippen LogP contribution in [0.4, 0.5) is 0 Å². The van der Waals surface area contributed by atoms with Gasteiger partial charge in [0.15, 0.2) is 0 Å². The molecule has 1 unspecified atom stereocenters. The molecule has 2 aromatic rings. The lowest BCUT2D eigenvalue weighted by Crippen LogP contribution is -2.07. The van der Waals surface area contributed by atoms with Gasteiger partial charge in [-0.25, -0.2) is 0 Å². The van der Waals surface area contributed by atoms with Crippen LogP contribution in [0.25, 0.3) is 0 Å². The van der Waals surface area contributed by atoms with Gasteiger partial charge in [0, 0.05) is 29.2 Å². The minimum Gasteiger partial charge on any atom is -0.388 e. The number of benzene rings is 1. The molecule has 102 valence electrons. The summed E-state index contributed by atoms with van der Waals surface area (Å²) in [5, 5.41) is 15.7. The number of aliphatic hydroxyl groups excluding tert-OH is 1. The summed E-state index contributed by atoms with van der Waals surface area (Å²) in [6.07, 6.45) is 0.695. The molecule has 0 aliphatic carbocycles. The van der Waals surface area contributed by atoms with Gasteiger partial charge in [0.1, 0.15) is 0 Å². The van der Waals surface area contributed by atoms with Gasteiger partial charge >= 0.3 is 0 Å². The van der Waals surface area contributed by atoms with Gasteiger partial charge in [-0.15, -0.1) is 0 Å². The molecular formula is C14H16Cl2N2O. The van der Waals surface area contributed by atoms with E-state index in [9.17, 15) is 5.11 Å². The zero-order valence-electron chi connectivity index (χ0n) is 10.9. The van der Waals surface area contributed by atoms with Crippen LogP contribution in [0.15, 0.2) is 24.3 Å². The highest BCUT2D eigenvalue weighted by Crippen LogP contribution is 2.28. The molecule has 0 aliphatic heterocycles. The van der Waals surface area contributed by atoms with Crippen molar-refractivity contribution in [1.29, 1.82) is 0 Å². The first-order chi connectivity index (χ1) is 9.01. The first-order valence-electron chi connectivity index (χ1n) is 6.16. The van der Waals surface area contributed by atoms with Crippen LogP contribution in [0.3, 0.4) is 0 Å². The van der Waals surface area contributed by atoms with E-state index in [-0.39, 0.29) is 0 Å². The number of rotatable bonds is 4. The maximum Gasteiger partial charge on any atom is 0.0859 e. The van der Waals surface area contributed by atoms with Crippen molar-refractivity contribution in [2.75, 3.05) is 0 Å². The minimum atomic E-state index is -0.662. The molecule has 0 saturated heterocycles. The lowest BCUT2D eigenvalue weighted by atomic mass is 10.0. The third-order valence-electron chi connectivity index (χ3n) is 3.11. The third kappa shape index (κ3) is 3.30. The van der Waals surface area contributed by atoms with Crippen LogP contribution in [0.5, 0.6) is 0 Å². The molecule has 0 bridgehead atoms. The molecule has 0 radical (unpaired) electrons. The van der Waals surface area contributed by atoms with Crippen LogP contribution in [0.2, 0.25) is 10.0 Å². The van der Waals surface area contributed by atoms with Crippen LogP contribution in [-0.4, -0.2) is 14.9 Å². The molecule has 1 aromatic carbocycles. The Morgan fingerprint density at radius 2 is 2.05 bits per heavy atom. The molecule has 19 heavy (non-hydrogen) atoms. The largest absolute Gasteiger partial charge is 0.388 e. The Kier molecular flexibility index (Phi) is 4.50. The second-order valence-corrected chi connectivity index (χ2v) is 5.33. The highest BCUT2D eigenvalue weighted by Gasteiger charge is 2.15. The molecule has 0 fully saturated rings. The van der Waals surface area contributed by atoms with Crippen LogP contribution < -0.4 is 0 Å². The predicted octanol–water partition coefficient (Wildman–Crippen LogP) is 3.57. The minimum absolute atomic E-state index is 0.477. The lowest BCUT2D eigenvalue weighted by molar-refractivity contribution is 0.176. The van der Waals surface area contributed by atoms with Crippen LogP contribution in [0, 0.1) is 0 Å². The summed E-state index contributed by atoms with van der Waals surface area (Å²) in [6, 6.07) is 7.13.